The van der Waals surface area contributed by atoms with E-state index in [4.69, 9.17) is 0 Å². The summed E-state index contributed by atoms with van der Waals surface area (Å²) in [5.41, 5.74) is 3.14. The van der Waals surface area contributed by atoms with E-state index in [9.17, 15) is 9.59 Å². The molecule has 4 rings (SSSR count). The minimum Gasteiger partial charge on any atom is -0.326 e. The quantitative estimate of drug-likeness (QED) is 0.538. The average molecular weight is 393 g/mol. The number of rotatable bonds is 5. The van der Waals surface area contributed by atoms with E-state index in [1.807, 2.05) is 36.4 Å². The lowest BCUT2D eigenvalue weighted by atomic mass is 10.1. The molecule has 0 fully saturated rings. The number of fused-ring (bicyclic) bond motifs is 1. The van der Waals surface area contributed by atoms with Gasteiger partial charge in [0, 0.05) is 12.6 Å². The van der Waals surface area contributed by atoms with Crippen LogP contribution in [-0.2, 0) is 16.0 Å². The summed E-state index contributed by atoms with van der Waals surface area (Å²) in [6, 6.07) is 12.8. The molecule has 140 valence electrons. The molecule has 9 nitrogen and oxygen atoms in total. The van der Waals surface area contributed by atoms with Gasteiger partial charge in [-0.1, -0.05) is 23.5 Å². The summed E-state index contributed by atoms with van der Waals surface area (Å²) in [6.45, 7) is 1.46. The number of aromatic nitrogens is 5. The van der Waals surface area contributed by atoms with Gasteiger partial charge in [0.05, 0.1) is 22.3 Å². The van der Waals surface area contributed by atoms with Crippen LogP contribution in [0.2, 0.25) is 0 Å². The van der Waals surface area contributed by atoms with Crippen LogP contribution in [0.5, 0.6) is 0 Å². The fourth-order valence-corrected chi connectivity index (χ4v) is 3.58. The molecule has 10 heteroatoms. The number of tetrazole rings is 1. The number of benzene rings is 2. The molecule has 0 spiro atoms. The molecule has 0 aliphatic carbocycles. The fraction of sp³-hybridized carbons (Fsp3) is 0.111. The molecule has 0 saturated carbocycles. The molecule has 0 saturated heterocycles. The van der Waals surface area contributed by atoms with E-state index in [-0.39, 0.29) is 18.2 Å². The zero-order chi connectivity index (χ0) is 19.5. The molecule has 0 unspecified atom stereocenters. The Labute approximate surface area is 163 Å². The molecule has 2 aromatic heterocycles. The third kappa shape index (κ3) is 4.01. The second-order valence-electron chi connectivity index (χ2n) is 6.03. The van der Waals surface area contributed by atoms with Gasteiger partial charge in [-0.2, -0.15) is 0 Å². The van der Waals surface area contributed by atoms with Gasteiger partial charge in [-0.3, -0.25) is 9.59 Å². The zero-order valence-corrected chi connectivity index (χ0v) is 15.6. The van der Waals surface area contributed by atoms with Crippen molar-refractivity contribution in [1.82, 2.24) is 25.2 Å². The second-order valence-corrected chi connectivity index (χ2v) is 7.06. The number of nitrogens with zero attached hydrogens (tertiary/aromatic N) is 5. The van der Waals surface area contributed by atoms with E-state index in [0.29, 0.717) is 10.8 Å². The van der Waals surface area contributed by atoms with E-state index in [1.165, 1.54) is 24.6 Å². The lowest BCUT2D eigenvalue weighted by molar-refractivity contribution is -0.116. The van der Waals surface area contributed by atoms with Crippen molar-refractivity contribution in [1.29, 1.82) is 0 Å². The van der Waals surface area contributed by atoms with E-state index >= 15 is 0 Å². The Balaban J connectivity index is 1.42. The van der Waals surface area contributed by atoms with Crippen molar-refractivity contribution in [3.8, 4) is 5.69 Å². The Hall–Kier alpha value is -3.66. The predicted octanol–water partition coefficient (Wildman–Crippen LogP) is 2.41. The van der Waals surface area contributed by atoms with Crippen molar-refractivity contribution >= 4 is 44.2 Å². The smallest absolute Gasteiger partial charge is 0.230 e. The van der Waals surface area contributed by atoms with Gasteiger partial charge in [-0.25, -0.2) is 9.67 Å². The summed E-state index contributed by atoms with van der Waals surface area (Å²) >= 11 is 1.36. The number of hydrogen-bond donors (Lipinski definition) is 2. The number of amides is 2. The van der Waals surface area contributed by atoms with Crippen LogP contribution in [0, 0.1) is 0 Å². The van der Waals surface area contributed by atoms with Crippen LogP contribution in [-0.4, -0.2) is 37.0 Å². The summed E-state index contributed by atoms with van der Waals surface area (Å²) in [5, 5.41) is 17.1. The number of thiazole rings is 1. The van der Waals surface area contributed by atoms with E-state index < -0.39 is 0 Å². The van der Waals surface area contributed by atoms with Gasteiger partial charge in [0.15, 0.2) is 5.13 Å². The number of hydrogen-bond acceptors (Lipinski definition) is 7. The third-order valence-electron chi connectivity index (χ3n) is 3.87. The van der Waals surface area contributed by atoms with Gasteiger partial charge >= 0.3 is 0 Å². The molecule has 2 N–H and O–H groups in total. The Morgan fingerprint density at radius 2 is 1.93 bits per heavy atom. The number of anilines is 2. The van der Waals surface area contributed by atoms with Crippen LogP contribution >= 0.6 is 11.3 Å². The lowest BCUT2D eigenvalue weighted by Crippen LogP contribution is -2.14. The van der Waals surface area contributed by atoms with Crippen LogP contribution < -0.4 is 10.6 Å². The summed E-state index contributed by atoms with van der Waals surface area (Å²) in [7, 11) is 0. The number of carbonyl (C=O) groups excluding carboxylic acids is 2. The molecule has 2 aromatic carbocycles. The van der Waals surface area contributed by atoms with E-state index in [2.05, 4.69) is 31.1 Å². The molecule has 2 heterocycles. The number of nitrogens with one attached hydrogen (secondary N) is 2. The fourth-order valence-electron chi connectivity index (χ4n) is 2.65. The van der Waals surface area contributed by atoms with Gasteiger partial charge in [0.2, 0.25) is 11.8 Å². The SMILES string of the molecule is CC(=O)Nc1ccc2nc(NC(=O)Cc3ccc(-n4cnnn4)cc3)sc2c1. The van der Waals surface area contributed by atoms with Gasteiger partial charge in [-0.15, -0.1) is 5.10 Å². The molecule has 0 radical (unpaired) electrons. The average Bonchev–Trinajstić information content (AvgIpc) is 3.31. The zero-order valence-electron chi connectivity index (χ0n) is 14.8. The third-order valence-corrected chi connectivity index (χ3v) is 4.80. The molecule has 28 heavy (non-hydrogen) atoms. The van der Waals surface area contributed by atoms with Crippen LogP contribution in [0.25, 0.3) is 15.9 Å². The van der Waals surface area contributed by atoms with Crippen molar-refractivity contribution < 1.29 is 9.59 Å². The highest BCUT2D eigenvalue weighted by Gasteiger charge is 2.10. The normalized spacial score (nSPS) is 10.8. The molecule has 0 bridgehead atoms. The van der Waals surface area contributed by atoms with Crippen LogP contribution in [0.4, 0.5) is 10.8 Å². The van der Waals surface area contributed by atoms with Crippen LogP contribution in [0.15, 0.2) is 48.8 Å². The van der Waals surface area contributed by atoms with Crippen molar-refractivity contribution in [2.45, 2.75) is 13.3 Å². The minimum atomic E-state index is -0.156. The summed E-state index contributed by atoms with van der Waals surface area (Å²) in [4.78, 5) is 27.9. The first-order chi connectivity index (χ1) is 13.6. The Kier molecular flexibility index (Phi) is 4.77. The molecule has 0 aliphatic rings. The first-order valence-corrected chi connectivity index (χ1v) is 9.19. The van der Waals surface area contributed by atoms with E-state index in [1.54, 1.807) is 10.7 Å². The van der Waals surface area contributed by atoms with Gasteiger partial charge in [0.25, 0.3) is 0 Å². The molecule has 0 aliphatic heterocycles. The minimum absolute atomic E-state index is 0.136. The first-order valence-electron chi connectivity index (χ1n) is 8.37. The topological polar surface area (TPSA) is 115 Å². The maximum absolute atomic E-state index is 12.3. The Bertz CT molecular complexity index is 1140. The van der Waals surface area contributed by atoms with Crippen molar-refractivity contribution in [3.05, 3.63) is 54.4 Å². The van der Waals surface area contributed by atoms with Crippen molar-refractivity contribution in [3.63, 3.8) is 0 Å². The van der Waals surface area contributed by atoms with Crippen LogP contribution in [0.3, 0.4) is 0 Å². The summed E-state index contributed by atoms with van der Waals surface area (Å²) < 4.78 is 2.42. The van der Waals surface area contributed by atoms with Gasteiger partial charge in [0.1, 0.15) is 6.33 Å². The largest absolute Gasteiger partial charge is 0.326 e. The molecule has 4 aromatic rings. The monoisotopic (exact) mass is 393 g/mol. The Morgan fingerprint density at radius 1 is 1.11 bits per heavy atom. The van der Waals surface area contributed by atoms with E-state index in [0.717, 1.165) is 21.5 Å². The van der Waals surface area contributed by atoms with Crippen molar-refractivity contribution in [2.24, 2.45) is 0 Å². The molecule has 2 amide bonds. The lowest BCUT2D eigenvalue weighted by Gasteiger charge is -2.03. The summed E-state index contributed by atoms with van der Waals surface area (Å²) in [6.07, 6.45) is 1.73. The highest BCUT2D eigenvalue weighted by atomic mass is 32.1. The molecule has 0 atom stereocenters. The standard InChI is InChI=1S/C18H15N7O2S/c1-11(26)20-13-4-7-15-16(9-13)28-18(21-15)22-17(27)8-12-2-5-14(6-3-12)25-10-19-23-24-25/h2-7,9-10H,8H2,1H3,(H,20,26)(H,21,22,27). The highest BCUT2D eigenvalue weighted by molar-refractivity contribution is 7.22. The summed E-state index contributed by atoms with van der Waals surface area (Å²) in [5.74, 6) is -0.292. The molecular weight excluding hydrogens is 378 g/mol. The maximum atomic E-state index is 12.3. The van der Waals surface area contributed by atoms with Gasteiger partial charge in [-0.05, 0) is 46.3 Å². The number of carbonyl (C=O) groups is 2. The van der Waals surface area contributed by atoms with Crippen LogP contribution in [0.1, 0.15) is 12.5 Å². The predicted molar refractivity (Wildman–Crippen MR) is 105 cm³/mol. The highest BCUT2D eigenvalue weighted by Crippen LogP contribution is 2.28. The second kappa shape index (κ2) is 7.53. The first kappa shape index (κ1) is 17.7. The Morgan fingerprint density at radius 3 is 2.64 bits per heavy atom. The van der Waals surface area contributed by atoms with Crippen molar-refractivity contribution in [2.75, 3.05) is 10.6 Å². The van der Waals surface area contributed by atoms with Gasteiger partial charge < -0.3 is 10.6 Å². The maximum Gasteiger partial charge on any atom is 0.230 e. The molecular formula is C18H15N7O2S.